The summed E-state index contributed by atoms with van der Waals surface area (Å²) in [6, 6.07) is 9.02. The van der Waals surface area contributed by atoms with Gasteiger partial charge in [0.05, 0.1) is 12.0 Å². The van der Waals surface area contributed by atoms with Crippen molar-refractivity contribution in [1.29, 1.82) is 0 Å². The second-order valence-electron chi connectivity index (χ2n) is 11.9. The highest BCUT2D eigenvalue weighted by molar-refractivity contribution is 5.89. The van der Waals surface area contributed by atoms with Gasteiger partial charge in [-0.05, 0) is 84.7 Å². The van der Waals surface area contributed by atoms with Crippen molar-refractivity contribution in [2.24, 2.45) is 17.3 Å². The Morgan fingerprint density at radius 1 is 1.08 bits per heavy atom. The molecule has 0 spiro atoms. The summed E-state index contributed by atoms with van der Waals surface area (Å²) >= 11 is 0. The summed E-state index contributed by atoms with van der Waals surface area (Å²) in [6.45, 7) is 6.81. The first kappa shape index (κ1) is 25.4. The summed E-state index contributed by atoms with van der Waals surface area (Å²) in [5, 5.41) is 10.3. The monoisotopic (exact) mass is 503 g/mol. The maximum absolute atomic E-state index is 14.2. The minimum atomic E-state index is -4.51. The molecule has 196 valence electrons. The third kappa shape index (κ3) is 4.83. The number of rotatable bonds is 7. The van der Waals surface area contributed by atoms with Gasteiger partial charge in [-0.3, -0.25) is 9.69 Å². The van der Waals surface area contributed by atoms with E-state index in [1.165, 1.54) is 6.07 Å². The Hall–Kier alpha value is -2.28. The molecule has 3 aliphatic rings. The molecule has 0 saturated heterocycles. The number of nitrogens with zero attached hydrogens (tertiary/aromatic N) is 1. The minimum Gasteiger partial charge on any atom is -0.490 e. The number of alkyl halides is 3. The quantitative estimate of drug-likeness (QED) is 0.431. The molecule has 0 radical (unpaired) electrons. The SMILES string of the molecule is CC1(C)C(C(=O)O)CC1N(Cc1ccc2c(C(F)(F)F)c(O[C@H]3CC[C@@H](C)CC3)ccc2c1)C1CC1. The average molecular weight is 504 g/mol. The third-order valence-corrected chi connectivity index (χ3v) is 8.88. The van der Waals surface area contributed by atoms with Gasteiger partial charge in [-0.25, -0.2) is 0 Å². The highest BCUT2D eigenvalue weighted by Crippen LogP contribution is 2.52. The normalized spacial score (nSPS) is 28.2. The molecule has 3 fully saturated rings. The van der Waals surface area contributed by atoms with E-state index in [1.807, 2.05) is 19.9 Å². The number of benzene rings is 2. The van der Waals surface area contributed by atoms with E-state index in [1.54, 1.807) is 18.2 Å². The van der Waals surface area contributed by atoms with E-state index in [0.717, 1.165) is 44.1 Å². The minimum absolute atomic E-state index is 0.0714. The van der Waals surface area contributed by atoms with E-state index in [4.69, 9.17) is 4.74 Å². The number of halogens is 3. The maximum Gasteiger partial charge on any atom is 0.420 e. The Morgan fingerprint density at radius 3 is 2.36 bits per heavy atom. The molecule has 0 amide bonds. The molecular weight excluding hydrogens is 467 g/mol. The first-order valence-corrected chi connectivity index (χ1v) is 13.2. The number of carbonyl (C=O) groups is 1. The van der Waals surface area contributed by atoms with Crippen LogP contribution in [0.5, 0.6) is 5.75 Å². The Labute approximate surface area is 210 Å². The van der Waals surface area contributed by atoms with Crippen molar-refractivity contribution in [2.75, 3.05) is 0 Å². The molecule has 0 aliphatic heterocycles. The van der Waals surface area contributed by atoms with Crippen LogP contribution in [0.4, 0.5) is 13.2 Å². The molecule has 5 rings (SSSR count). The largest absolute Gasteiger partial charge is 0.490 e. The Balaban J connectivity index is 1.41. The lowest BCUT2D eigenvalue weighted by atomic mass is 9.58. The topological polar surface area (TPSA) is 49.8 Å². The molecule has 2 unspecified atom stereocenters. The van der Waals surface area contributed by atoms with Gasteiger partial charge in [-0.15, -0.1) is 0 Å². The highest BCUT2D eigenvalue weighted by Gasteiger charge is 2.56. The number of aliphatic carboxylic acids is 1. The van der Waals surface area contributed by atoms with Crippen molar-refractivity contribution in [3.63, 3.8) is 0 Å². The number of carboxylic acids is 1. The fourth-order valence-electron chi connectivity index (χ4n) is 6.37. The molecule has 2 atom stereocenters. The van der Waals surface area contributed by atoms with Crippen molar-refractivity contribution in [1.82, 2.24) is 4.90 Å². The predicted molar refractivity (Wildman–Crippen MR) is 133 cm³/mol. The van der Waals surface area contributed by atoms with Crippen LogP contribution in [0, 0.1) is 17.3 Å². The van der Waals surface area contributed by atoms with E-state index in [0.29, 0.717) is 30.3 Å². The van der Waals surface area contributed by atoms with Crippen LogP contribution in [0.15, 0.2) is 30.3 Å². The second kappa shape index (κ2) is 9.23. The van der Waals surface area contributed by atoms with Crippen molar-refractivity contribution < 1.29 is 27.8 Å². The molecule has 3 aliphatic carbocycles. The van der Waals surface area contributed by atoms with Gasteiger partial charge < -0.3 is 9.84 Å². The van der Waals surface area contributed by atoms with Crippen molar-refractivity contribution in [3.8, 4) is 5.75 Å². The van der Waals surface area contributed by atoms with E-state index in [2.05, 4.69) is 11.8 Å². The van der Waals surface area contributed by atoms with E-state index in [9.17, 15) is 23.1 Å². The van der Waals surface area contributed by atoms with Gasteiger partial charge in [-0.2, -0.15) is 13.2 Å². The van der Waals surface area contributed by atoms with E-state index < -0.39 is 17.7 Å². The lowest BCUT2D eigenvalue weighted by Crippen LogP contribution is -2.60. The van der Waals surface area contributed by atoms with Gasteiger partial charge >= 0.3 is 12.1 Å². The van der Waals surface area contributed by atoms with Crippen LogP contribution in [0.3, 0.4) is 0 Å². The number of carboxylic acid groups (broad SMARTS) is 1. The predicted octanol–water partition coefficient (Wildman–Crippen LogP) is 7.28. The van der Waals surface area contributed by atoms with Crippen molar-refractivity contribution in [2.45, 2.75) is 96.6 Å². The van der Waals surface area contributed by atoms with Crippen LogP contribution in [0.2, 0.25) is 0 Å². The van der Waals surface area contributed by atoms with Crippen molar-refractivity contribution in [3.05, 3.63) is 41.5 Å². The van der Waals surface area contributed by atoms with Crippen LogP contribution in [0.1, 0.15) is 76.8 Å². The molecule has 4 nitrogen and oxygen atoms in total. The van der Waals surface area contributed by atoms with Gasteiger partial charge in [0.2, 0.25) is 0 Å². The molecule has 0 bridgehead atoms. The Morgan fingerprint density at radius 2 is 1.78 bits per heavy atom. The molecule has 0 heterocycles. The number of ether oxygens (including phenoxy) is 1. The lowest BCUT2D eigenvalue weighted by Gasteiger charge is -2.55. The fourth-order valence-corrected chi connectivity index (χ4v) is 6.37. The average Bonchev–Trinajstić information content (AvgIpc) is 3.63. The van der Waals surface area contributed by atoms with Crippen LogP contribution in [0.25, 0.3) is 10.8 Å². The van der Waals surface area contributed by atoms with E-state index >= 15 is 0 Å². The van der Waals surface area contributed by atoms with Crippen LogP contribution < -0.4 is 4.74 Å². The zero-order chi connectivity index (χ0) is 25.8. The van der Waals surface area contributed by atoms with E-state index in [-0.39, 0.29) is 34.6 Å². The number of fused-ring (bicyclic) bond motifs is 1. The fraction of sp³-hybridized carbons (Fsp3) is 0.621. The molecule has 7 heteroatoms. The highest BCUT2D eigenvalue weighted by atomic mass is 19.4. The molecular formula is C29H36F3NO3. The van der Waals surface area contributed by atoms with Crippen LogP contribution >= 0.6 is 0 Å². The molecule has 2 aromatic rings. The van der Waals surface area contributed by atoms with Gasteiger partial charge in [0.25, 0.3) is 0 Å². The molecule has 36 heavy (non-hydrogen) atoms. The number of hydrogen-bond donors (Lipinski definition) is 1. The van der Waals surface area contributed by atoms with Gasteiger partial charge in [0, 0.05) is 18.6 Å². The zero-order valence-corrected chi connectivity index (χ0v) is 21.3. The summed E-state index contributed by atoms with van der Waals surface area (Å²) in [7, 11) is 0. The Kier molecular flexibility index (Phi) is 6.51. The van der Waals surface area contributed by atoms with Gasteiger partial charge in [-0.1, -0.05) is 39.0 Å². The number of hydrogen-bond acceptors (Lipinski definition) is 3. The summed E-state index contributed by atoms with van der Waals surface area (Å²) in [6.07, 6.45) is 1.61. The maximum atomic E-state index is 14.2. The standard InChI is InChI=1S/C29H36F3NO3/c1-17-4-10-21(11-5-17)36-24-13-7-19-14-18(6-12-22(19)26(24)29(30,31)32)16-33(20-8-9-20)25-15-23(27(34)35)28(25,2)3/h6-7,12-14,17,20-21,23,25H,4-5,8-11,15-16H2,1-3H3,(H,34,35)/t17-,21+,23?,25?. The molecule has 1 N–H and O–H groups in total. The lowest BCUT2D eigenvalue weighted by molar-refractivity contribution is -0.162. The van der Waals surface area contributed by atoms with Crippen LogP contribution in [-0.2, 0) is 17.5 Å². The first-order valence-electron chi connectivity index (χ1n) is 13.2. The summed E-state index contributed by atoms with van der Waals surface area (Å²) in [5.74, 6) is -0.589. The summed E-state index contributed by atoms with van der Waals surface area (Å²) in [4.78, 5) is 14.0. The molecule has 2 aromatic carbocycles. The van der Waals surface area contributed by atoms with Gasteiger partial charge in [0.1, 0.15) is 11.3 Å². The summed E-state index contributed by atoms with van der Waals surface area (Å²) < 4.78 is 48.6. The summed E-state index contributed by atoms with van der Waals surface area (Å²) in [5.41, 5.74) is -0.0709. The molecule has 0 aromatic heterocycles. The van der Waals surface area contributed by atoms with Crippen molar-refractivity contribution >= 4 is 16.7 Å². The molecule has 3 saturated carbocycles. The Bertz CT molecular complexity index is 1130. The second-order valence-corrected chi connectivity index (χ2v) is 11.9. The van der Waals surface area contributed by atoms with Gasteiger partial charge in [0.15, 0.2) is 0 Å². The zero-order valence-electron chi connectivity index (χ0n) is 21.3. The van der Waals surface area contributed by atoms with Crippen LogP contribution in [-0.4, -0.2) is 34.2 Å². The smallest absolute Gasteiger partial charge is 0.420 e. The first-order chi connectivity index (χ1) is 16.9. The third-order valence-electron chi connectivity index (χ3n) is 8.88.